The molecule has 0 aliphatic carbocycles. The Bertz CT molecular complexity index is 1430. The molecule has 3 heterocycles. The quantitative estimate of drug-likeness (QED) is 0.377. The lowest BCUT2D eigenvalue weighted by Crippen LogP contribution is -2.13. The molecule has 0 fully saturated rings. The van der Waals surface area contributed by atoms with Crippen molar-refractivity contribution < 1.29 is 13.9 Å². The summed E-state index contributed by atoms with van der Waals surface area (Å²) in [5, 5.41) is 8.32. The van der Waals surface area contributed by atoms with Crippen molar-refractivity contribution in [1.29, 1.82) is 0 Å². The van der Waals surface area contributed by atoms with E-state index in [1.165, 1.54) is 6.39 Å². The van der Waals surface area contributed by atoms with Crippen LogP contribution >= 0.6 is 0 Å². The summed E-state index contributed by atoms with van der Waals surface area (Å²) < 4.78 is 12.8. The fourth-order valence-corrected chi connectivity index (χ4v) is 3.96. The van der Waals surface area contributed by atoms with E-state index in [1.54, 1.807) is 24.2 Å². The van der Waals surface area contributed by atoms with Crippen molar-refractivity contribution in [2.45, 2.75) is 19.9 Å². The number of benzene rings is 2. The van der Waals surface area contributed by atoms with Gasteiger partial charge in [-0.15, -0.1) is 0 Å². The Morgan fingerprint density at radius 1 is 1.24 bits per heavy atom. The summed E-state index contributed by atoms with van der Waals surface area (Å²) in [6, 6.07) is 13.7. The summed E-state index contributed by atoms with van der Waals surface area (Å²) in [7, 11) is 1.67. The molecule has 2 N–H and O–H groups in total. The molecule has 0 saturated carbocycles. The fraction of sp³-hybridized carbons (Fsp3) is 0.160. The van der Waals surface area contributed by atoms with Crippen LogP contribution < -0.4 is 10.1 Å². The highest BCUT2D eigenvalue weighted by molar-refractivity contribution is 6.06. The molecule has 8 nitrogen and oxygen atoms in total. The molecule has 0 aliphatic heterocycles. The van der Waals surface area contributed by atoms with Gasteiger partial charge in [0.25, 0.3) is 5.91 Å². The van der Waals surface area contributed by atoms with Crippen molar-refractivity contribution in [3.05, 3.63) is 84.3 Å². The van der Waals surface area contributed by atoms with Gasteiger partial charge in [-0.25, -0.2) is 4.98 Å². The van der Waals surface area contributed by atoms with Gasteiger partial charge in [0.05, 0.1) is 19.0 Å². The number of fused-ring (bicyclic) bond motifs is 1. The monoisotopic (exact) mass is 441 g/mol. The molecule has 0 radical (unpaired) electrons. The number of nitrogens with one attached hydrogen (secondary N) is 2. The standard InChI is InChI=1S/C25H23N5O3/c1-16-5-3-6-17(11-16)24-23(27-15-33-24)25(31)29-19-13-28-30(14-19)10-9-18-12-26-20-7-4-8-21(32-2)22(18)20/h3-8,11-15,26H,9-10H2,1-2H3,(H,29,31). The lowest BCUT2D eigenvalue weighted by molar-refractivity contribution is 0.102. The smallest absolute Gasteiger partial charge is 0.278 e. The molecule has 1 amide bonds. The second-order valence-corrected chi connectivity index (χ2v) is 7.79. The molecule has 0 spiro atoms. The van der Waals surface area contributed by atoms with Crippen LogP contribution in [-0.4, -0.2) is 32.8 Å². The lowest BCUT2D eigenvalue weighted by atomic mass is 10.1. The SMILES string of the molecule is COc1cccc2[nH]cc(CCn3cc(NC(=O)c4ncoc4-c4cccc(C)c4)cn3)c12. The number of rotatable bonds is 7. The molecule has 0 atom stereocenters. The highest BCUT2D eigenvalue weighted by Crippen LogP contribution is 2.29. The van der Waals surface area contributed by atoms with E-state index in [0.29, 0.717) is 18.0 Å². The van der Waals surface area contributed by atoms with Crippen molar-refractivity contribution in [3.8, 4) is 17.1 Å². The van der Waals surface area contributed by atoms with Crippen LogP contribution in [0.25, 0.3) is 22.2 Å². The molecular formula is C25H23N5O3. The first-order valence-corrected chi connectivity index (χ1v) is 10.6. The van der Waals surface area contributed by atoms with Crippen LogP contribution in [0.3, 0.4) is 0 Å². The number of carbonyl (C=O) groups excluding carboxylic acids is 1. The van der Waals surface area contributed by atoms with Gasteiger partial charge in [0.15, 0.2) is 17.8 Å². The first-order valence-electron chi connectivity index (χ1n) is 10.6. The molecule has 33 heavy (non-hydrogen) atoms. The number of aryl methyl sites for hydroxylation is 3. The number of ether oxygens (including phenoxy) is 1. The molecule has 2 aromatic carbocycles. The van der Waals surface area contributed by atoms with Gasteiger partial charge < -0.3 is 19.5 Å². The number of anilines is 1. The average Bonchev–Trinajstić information content (AvgIpc) is 3.57. The Kier molecular flexibility index (Phi) is 5.40. The number of H-pyrrole nitrogens is 1. The third kappa shape index (κ3) is 4.10. The van der Waals surface area contributed by atoms with Crippen molar-refractivity contribution in [2.75, 3.05) is 12.4 Å². The highest BCUT2D eigenvalue weighted by Gasteiger charge is 2.19. The van der Waals surface area contributed by atoms with Crippen LogP contribution in [0.1, 0.15) is 21.6 Å². The van der Waals surface area contributed by atoms with E-state index in [9.17, 15) is 4.79 Å². The van der Waals surface area contributed by atoms with Crippen molar-refractivity contribution in [2.24, 2.45) is 0 Å². The van der Waals surface area contributed by atoms with E-state index in [2.05, 4.69) is 20.4 Å². The number of oxazole rings is 1. The van der Waals surface area contributed by atoms with Gasteiger partial charge in [-0.1, -0.05) is 29.8 Å². The van der Waals surface area contributed by atoms with Gasteiger partial charge in [0, 0.05) is 35.4 Å². The van der Waals surface area contributed by atoms with E-state index in [-0.39, 0.29) is 11.6 Å². The Hall–Kier alpha value is -4.33. The first kappa shape index (κ1) is 20.6. The van der Waals surface area contributed by atoms with Crippen LogP contribution in [0, 0.1) is 6.92 Å². The zero-order valence-corrected chi connectivity index (χ0v) is 18.3. The minimum Gasteiger partial charge on any atom is -0.496 e. The molecule has 0 bridgehead atoms. The van der Waals surface area contributed by atoms with Crippen LogP contribution in [0.5, 0.6) is 5.75 Å². The van der Waals surface area contributed by atoms with Crippen LogP contribution in [0.15, 0.2) is 71.9 Å². The number of amides is 1. The number of methoxy groups -OCH3 is 1. The Morgan fingerprint density at radius 2 is 2.12 bits per heavy atom. The first-order chi connectivity index (χ1) is 16.1. The maximum atomic E-state index is 12.8. The molecule has 5 aromatic rings. The van der Waals surface area contributed by atoms with Crippen molar-refractivity contribution in [1.82, 2.24) is 19.7 Å². The molecule has 166 valence electrons. The van der Waals surface area contributed by atoms with Gasteiger partial charge in [-0.05, 0) is 37.1 Å². The predicted octanol–water partition coefficient (Wildman–Crippen LogP) is 4.83. The number of nitrogens with zero attached hydrogens (tertiary/aromatic N) is 3. The van der Waals surface area contributed by atoms with E-state index in [1.807, 2.05) is 55.6 Å². The van der Waals surface area contributed by atoms with E-state index in [4.69, 9.17) is 9.15 Å². The second kappa shape index (κ2) is 8.66. The summed E-state index contributed by atoms with van der Waals surface area (Å²) in [4.78, 5) is 20.2. The summed E-state index contributed by atoms with van der Waals surface area (Å²) in [5.74, 6) is 0.937. The van der Waals surface area contributed by atoms with Crippen LogP contribution in [0.2, 0.25) is 0 Å². The summed E-state index contributed by atoms with van der Waals surface area (Å²) >= 11 is 0. The van der Waals surface area contributed by atoms with Gasteiger partial charge >= 0.3 is 0 Å². The number of hydrogen-bond acceptors (Lipinski definition) is 5. The van der Waals surface area contributed by atoms with Crippen LogP contribution in [0.4, 0.5) is 5.69 Å². The minimum atomic E-state index is -0.346. The predicted molar refractivity (Wildman–Crippen MR) is 125 cm³/mol. The highest BCUT2D eigenvalue weighted by atomic mass is 16.5. The molecule has 8 heteroatoms. The zero-order chi connectivity index (χ0) is 22.8. The largest absolute Gasteiger partial charge is 0.496 e. The summed E-state index contributed by atoms with van der Waals surface area (Å²) in [6.07, 6.45) is 7.47. The Balaban J connectivity index is 1.28. The van der Waals surface area contributed by atoms with Crippen molar-refractivity contribution in [3.63, 3.8) is 0 Å². The number of carbonyl (C=O) groups is 1. The van der Waals surface area contributed by atoms with Crippen molar-refractivity contribution >= 4 is 22.5 Å². The summed E-state index contributed by atoms with van der Waals surface area (Å²) in [5.41, 5.74) is 4.89. The maximum Gasteiger partial charge on any atom is 0.278 e. The third-order valence-electron chi connectivity index (χ3n) is 5.53. The van der Waals surface area contributed by atoms with Gasteiger partial charge in [0.1, 0.15) is 5.75 Å². The summed E-state index contributed by atoms with van der Waals surface area (Å²) in [6.45, 7) is 2.64. The van der Waals surface area contributed by atoms with Gasteiger partial charge in [-0.3, -0.25) is 9.48 Å². The number of aromatic amines is 1. The fourth-order valence-electron chi connectivity index (χ4n) is 3.96. The molecule has 5 rings (SSSR count). The van der Waals surface area contributed by atoms with Gasteiger partial charge in [-0.2, -0.15) is 5.10 Å². The van der Waals surface area contributed by atoms with E-state index >= 15 is 0 Å². The lowest BCUT2D eigenvalue weighted by Gasteiger charge is -2.05. The average molecular weight is 441 g/mol. The Morgan fingerprint density at radius 3 is 2.97 bits per heavy atom. The maximum absolute atomic E-state index is 12.8. The number of hydrogen-bond donors (Lipinski definition) is 2. The van der Waals surface area contributed by atoms with E-state index < -0.39 is 0 Å². The van der Waals surface area contributed by atoms with Crippen LogP contribution in [-0.2, 0) is 13.0 Å². The molecular weight excluding hydrogens is 418 g/mol. The normalized spacial score (nSPS) is 11.1. The molecule has 0 unspecified atom stereocenters. The topological polar surface area (TPSA) is 98.0 Å². The second-order valence-electron chi connectivity index (χ2n) is 7.79. The van der Waals surface area contributed by atoms with Gasteiger partial charge in [0.2, 0.25) is 0 Å². The van der Waals surface area contributed by atoms with E-state index in [0.717, 1.165) is 39.8 Å². The molecule has 0 aliphatic rings. The molecule has 3 aromatic heterocycles. The Labute approximate surface area is 190 Å². The zero-order valence-electron chi connectivity index (χ0n) is 18.3. The molecule has 0 saturated heterocycles. The number of aromatic nitrogens is 4. The minimum absolute atomic E-state index is 0.235. The third-order valence-corrected chi connectivity index (χ3v) is 5.53.